The first-order valence-electron chi connectivity index (χ1n) is 4.77. The Bertz CT molecular complexity index is 361. The molecule has 1 fully saturated rings. The van der Waals surface area contributed by atoms with Gasteiger partial charge in [0.25, 0.3) is 0 Å². The zero-order valence-electron chi connectivity index (χ0n) is 8.02. The topological polar surface area (TPSA) is 46.5 Å². The largest absolute Gasteiger partial charge is 0.459 e. The first-order chi connectivity index (χ1) is 7.20. The highest BCUT2D eigenvalue weighted by atomic mass is 127. The minimum absolute atomic E-state index is 0.0907. The second-order valence-electron chi connectivity index (χ2n) is 3.58. The lowest BCUT2D eigenvalue weighted by atomic mass is 9.96. The Morgan fingerprint density at radius 3 is 2.60 bits per heavy atom. The number of carbonyl (C=O) groups is 1. The van der Waals surface area contributed by atoms with Gasteiger partial charge in [-0.3, -0.25) is 4.79 Å². The molecule has 1 aromatic carbocycles. The van der Waals surface area contributed by atoms with Gasteiger partial charge in [0, 0.05) is 9.99 Å². The molecule has 0 saturated carbocycles. The van der Waals surface area contributed by atoms with E-state index in [1.165, 1.54) is 0 Å². The van der Waals surface area contributed by atoms with Crippen molar-refractivity contribution in [2.24, 2.45) is 0 Å². The van der Waals surface area contributed by atoms with Crippen LogP contribution in [0.25, 0.3) is 0 Å². The van der Waals surface area contributed by atoms with Crippen molar-refractivity contribution in [1.29, 1.82) is 0 Å². The van der Waals surface area contributed by atoms with Gasteiger partial charge >= 0.3 is 5.97 Å². The third-order valence-corrected chi connectivity index (χ3v) is 3.26. The molecule has 0 aliphatic carbocycles. The molecule has 80 valence electrons. The summed E-state index contributed by atoms with van der Waals surface area (Å²) in [6.07, 6.45) is 0.248. The van der Waals surface area contributed by atoms with Crippen LogP contribution in [0.5, 0.6) is 0 Å². The summed E-state index contributed by atoms with van der Waals surface area (Å²) in [7, 11) is 0. The number of cyclic esters (lactones) is 1. The molecule has 4 heteroatoms. The van der Waals surface area contributed by atoms with Crippen LogP contribution in [0.15, 0.2) is 24.3 Å². The van der Waals surface area contributed by atoms with Gasteiger partial charge in [-0.2, -0.15) is 0 Å². The van der Waals surface area contributed by atoms with E-state index in [2.05, 4.69) is 22.6 Å². The van der Waals surface area contributed by atoms with E-state index in [-0.39, 0.29) is 24.6 Å². The maximum atomic E-state index is 11.5. The van der Waals surface area contributed by atoms with Crippen LogP contribution < -0.4 is 0 Å². The predicted molar refractivity (Wildman–Crippen MR) is 63.5 cm³/mol. The van der Waals surface area contributed by atoms with Crippen molar-refractivity contribution in [2.75, 3.05) is 6.61 Å². The number of rotatable bonds is 2. The summed E-state index contributed by atoms with van der Waals surface area (Å²) in [6.45, 7) is -0.0907. The average Bonchev–Trinajstić information content (AvgIpc) is 2.61. The molecule has 0 aromatic heterocycles. The number of esters is 1. The van der Waals surface area contributed by atoms with Gasteiger partial charge in [0.1, 0.15) is 6.10 Å². The molecular formula is C11H11IO3. The average molecular weight is 318 g/mol. The van der Waals surface area contributed by atoms with E-state index in [9.17, 15) is 4.79 Å². The molecule has 3 nitrogen and oxygen atoms in total. The van der Waals surface area contributed by atoms with Crippen LogP contribution in [0, 0.1) is 3.57 Å². The number of aliphatic hydroxyl groups is 1. The lowest BCUT2D eigenvalue weighted by Crippen LogP contribution is -2.10. The van der Waals surface area contributed by atoms with Gasteiger partial charge in [-0.15, -0.1) is 0 Å². The molecule has 1 N–H and O–H groups in total. The van der Waals surface area contributed by atoms with Crippen LogP contribution in [0.2, 0.25) is 0 Å². The van der Waals surface area contributed by atoms with Crippen molar-refractivity contribution in [1.82, 2.24) is 0 Å². The Hall–Kier alpha value is -0.620. The number of hydrogen-bond acceptors (Lipinski definition) is 3. The highest BCUT2D eigenvalue weighted by Gasteiger charge is 2.34. The molecule has 0 spiro atoms. The summed E-state index contributed by atoms with van der Waals surface area (Å²) in [5.74, 6) is -0.436. The molecule has 1 aliphatic rings. The van der Waals surface area contributed by atoms with Crippen molar-refractivity contribution in [3.63, 3.8) is 0 Å². The van der Waals surface area contributed by atoms with E-state index in [1.807, 2.05) is 24.3 Å². The first-order valence-corrected chi connectivity index (χ1v) is 5.85. The highest BCUT2D eigenvalue weighted by molar-refractivity contribution is 14.1. The van der Waals surface area contributed by atoms with Gasteiger partial charge in [-0.05, 0) is 40.3 Å². The quantitative estimate of drug-likeness (QED) is 0.667. The maximum absolute atomic E-state index is 11.5. The van der Waals surface area contributed by atoms with Crippen molar-refractivity contribution in [3.05, 3.63) is 33.4 Å². The van der Waals surface area contributed by atoms with E-state index in [0.29, 0.717) is 6.42 Å². The minimum Gasteiger partial charge on any atom is -0.459 e. The standard InChI is InChI=1S/C11H11IO3/c12-8-3-1-7(2-4-8)10-5-9(6-13)15-11(10)14/h1-4,9-10,13H,5-6H2/t9?,10-/m1/s1. The van der Waals surface area contributed by atoms with Crippen molar-refractivity contribution in [3.8, 4) is 0 Å². The number of carbonyl (C=O) groups excluding carboxylic acids is 1. The van der Waals surface area contributed by atoms with Crippen LogP contribution in [0.3, 0.4) is 0 Å². The monoisotopic (exact) mass is 318 g/mol. The third-order valence-electron chi connectivity index (χ3n) is 2.54. The zero-order valence-corrected chi connectivity index (χ0v) is 10.2. The SMILES string of the molecule is O=C1OC(CO)C[C@@H]1c1ccc(I)cc1. The van der Waals surface area contributed by atoms with Crippen LogP contribution in [0.1, 0.15) is 17.9 Å². The molecule has 0 amide bonds. The summed E-state index contributed by atoms with van der Waals surface area (Å²) in [5, 5.41) is 8.91. The molecule has 1 saturated heterocycles. The van der Waals surface area contributed by atoms with Gasteiger partial charge in [0.05, 0.1) is 12.5 Å². The van der Waals surface area contributed by atoms with Crippen LogP contribution in [-0.4, -0.2) is 23.8 Å². The zero-order chi connectivity index (χ0) is 10.8. The summed E-state index contributed by atoms with van der Waals surface area (Å²) in [4.78, 5) is 11.5. The maximum Gasteiger partial charge on any atom is 0.313 e. The normalized spacial score (nSPS) is 25.3. The molecule has 0 radical (unpaired) electrons. The van der Waals surface area contributed by atoms with E-state index >= 15 is 0 Å². The van der Waals surface area contributed by atoms with E-state index in [0.717, 1.165) is 9.13 Å². The van der Waals surface area contributed by atoms with Crippen molar-refractivity contribution >= 4 is 28.6 Å². The molecular weight excluding hydrogens is 307 g/mol. The Kier molecular flexibility index (Phi) is 3.25. The fourth-order valence-corrected chi connectivity index (χ4v) is 2.09. The molecule has 2 rings (SSSR count). The first kappa shape index (κ1) is 10.9. The third kappa shape index (κ3) is 2.31. The highest BCUT2D eigenvalue weighted by Crippen LogP contribution is 2.30. The molecule has 1 unspecified atom stereocenters. The van der Waals surface area contributed by atoms with Gasteiger partial charge in [0.15, 0.2) is 0 Å². The van der Waals surface area contributed by atoms with Crippen molar-refractivity contribution in [2.45, 2.75) is 18.4 Å². The number of hydrogen-bond donors (Lipinski definition) is 1. The summed E-state index contributed by atoms with van der Waals surface area (Å²) in [6, 6.07) is 7.81. The Morgan fingerprint density at radius 1 is 1.40 bits per heavy atom. The van der Waals surface area contributed by atoms with E-state index < -0.39 is 0 Å². The molecule has 1 aromatic rings. The van der Waals surface area contributed by atoms with Crippen LogP contribution in [0.4, 0.5) is 0 Å². The predicted octanol–water partition coefficient (Wildman–Crippen LogP) is 1.68. The lowest BCUT2D eigenvalue weighted by molar-refractivity contribution is -0.143. The number of halogens is 1. The van der Waals surface area contributed by atoms with E-state index in [1.54, 1.807) is 0 Å². The van der Waals surface area contributed by atoms with Crippen molar-refractivity contribution < 1.29 is 14.6 Å². The minimum atomic E-state index is -0.332. The molecule has 0 bridgehead atoms. The second kappa shape index (κ2) is 4.49. The second-order valence-corrected chi connectivity index (χ2v) is 4.83. The van der Waals surface area contributed by atoms with Gasteiger partial charge < -0.3 is 9.84 Å². The summed E-state index contributed by atoms with van der Waals surface area (Å²) < 4.78 is 6.16. The van der Waals surface area contributed by atoms with Gasteiger partial charge in [0.2, 0.25) is 0 Å². The van der Waals surface area contributed by atoms with Crippen LogP contribution >= 0.6 is 22.6 Å². The number of benzene rings is 1. The fraction of sp³-hybridized carbons (Fsp3) is 0.364. The molecule has 1 aliphatic heterocycles. The lowest BCUT2D eigenvalue weighted by Gasteiger charge is -2.05. The summed E-state index contributed by atoms with van der Waals surface area (Å²) >= 11 is 2.22. The number of ether oxygens (including phenoxy) is 1. The Labute approximate surface area is 102 Å². The van der Waals surface area contributed by atoms with Crippen LogP contribution in [-0.2, 0) is 9.53 Å². The Morgan fingerprint density at radius 2 is 2.07 bits per heavy atom. The fourth-order valence-electron chi connectivity index (χ4n) is 1.73. The van der Waals surface area contributed by atoms with E-state index in [4.69, 9.17) is 9.84 Å². The smallest absolute Gasteiger partial charge is 0.313 e. The summed E-state index contributed by atoms with van der Waals surface area (Å²) in [5.41, 5.74) is 0.969. The van der Waals surface area contributed by atoms with Gasteiger partial charge in [-0.25, -0.2) is 0 Å². The molecule has 15 heavy (non-hydrogen) atoms. The molecule has 1 heterocycles. The van der Waals surface area contributed by atoms with Gasteiger partial charge in [-0.1, -0.05) is 12.1 Å². The molecule has 2 atom stereocenters. The number of aliphatic hydroxyl groups excluding tert-OH is 1. The Balaban J connectivity index is 2.18.